The molecule has 0 radical (unpaired) electrons. The summed E-state index contributed by atoms with van der Waals surface area (Å²) in [5.41, 5.74) is 5.81. The average Bonchev–Trinajstić information content (AvgIpc) is 2.16. The molecule has 0 saturated carbocycles. The number of aliphatic hydroxyl groups excluding tert-OH is 1. The minimum absolute atomic E-state index is 0.333. The largest absolute Gasteiger partial charge is 0.391 e. The highest BCUT2D eigenvalue weighted by Crippen LogP contribution is 2.35. The molecular weight excluding hydrogens is 134 g/mol. The van der Waals surface area contributed by atoms with E-state index in [2.05, 4.69) is 0 Å². The zero-order valence-corrected chi connectivity index (χ0v) is 6.45. The molecule has 9 heavy (non-hydrogen) atoms. The van der Waals surface area contributed by atoms with Gasteiger partial charge in [0.1, 0.15) is 0 Å². The zero-order valence-electron chi connectivity index (χ0n) is 5.63. The summed E-state index contributed by atoms with van der Waals surface area (Å²) < 4.78 is 0. The van der Waals surface area contributed by atoms with Crippen molar-refractivity contribution in [2.24, 2.45) is 5.73 Å². The van der Waals surface area contributed by atoms with Gasteiger partial charge in [0.2, 0.25) is 0 Å². The molecule has 54 valence electrons. The second-order valence-corrected chi connectivity index (χ2v) is 4.04. The topological polar surface area (TPSA) is 46.2 Å². The molecule has 0 amide bonds. The van der Waals surface area contributed by atoms with Gasteiger partial charge in [-0.3, -0.25) is 0 Å². The van der Waals surface area contributed by atoms with Crippen LogP contribution in [0.4, 0.5) is 0 Å². The van der Waals surface area contributed by atoms with Crippen molar-refractivity contribution >= 4 is 11.8 Å². The van der Waals surface area contributed by atoms with Crippen LogP contribution < -0.4 is 5.73 Å². The summed E-state index contributed by atoms with van der Waals surface area (Å²) in [4.78, 5) is -0.333. The molecule has 2 unspecified atom stereocenters. The fraction of sp³-hybridized carbons (Fsp3) is 1.00. The van der Waals surface area contributed by atoms with Gasteiger partial charge in [0.05, 0.1) is 11.0 Å². The van der Waals surface area contributed by atoms with Crippen molar-refractivity contribution in [3.05, 3.63) is 0 Å². The number of aliphatic hydroxyl groups is 1. The lowest BCUT2D eigenvalue weighted by Gasteiger charge is -2.25. The van der Waals surface area contributed by atoms with E-state index in [0.717, 1.165) is 18.6 Å². The van der Waals surface area contributed by atoms with E-state index in [4.69, 9.17) is 10.8 Å². The smallest absolute Gasteiger partial charge is 0.0879 e. The predicted octanol–water partition coefficient (Wildman–Crippen LogP) is 0.549. The summed E-state index contributed by atoms with van der Waals surface area (Å²) in [6, 6.07) is 0. The second kappa shape index (κ2) is 2.48. The Morgan fingerprint density at radius 1 is 1.78 bits per heavy atom. The number of hydrogen-bond donors (Lipinski definition) is 2. The standard InChI is InChI=1S/C6H13NOS/c1-5(8)6(7)3-2-4-9-6/h5,8H,2-4,7H2,1H3. The van der Waals surface area contributed by atoms with E-state index in [1.54, 1.807) is 18.7 Å². The van der Waals surface area contributed by atoms with Crippen molar-refractivity contribution in [3.8, 4) is 0 Å². The first-order valence-corrected chi connectivity index (χ1v) is 4.24. The van der Waals surface area contributed by atoms with Crippen LogP contribution in [-0.2, 0) is 0 Å². The van der Waals surface area contributed by atoms with Gasteiger partial charge in [0.25, 0.3) is 0 Å². The van der Waals surface area contributed by atoms with Gasteiger partial charge < -0.3 is 10.8 Å². The molecule has 0 aliphatic carbocycles. The van der Waals surface area contributed by atoms with Crippen LogP contribution in [0.1, 0.15) is 19.8 Å². The second-order valence-electron chi connectivity index (χ2n) is 2.58. The zero-order chi connectivity index (χ0) is 6.91. The van der Waals surface area contributed by atoms with Crippen LogP contribution in [0.25, 0.3) is 0 Å². The molecule has 1 aliphatic heterocycles. The lowest BCUT2D eigenvalue weighted by molar-refractivity contribution is 0.147. The van der Waals surface area contributed by atoms with Crippen LogP contribution in [-0.4, -0.2) is 21.8 Å². The van der Waals surface area contributed by atoms with Gasteiger partial charge >= 0.3 is 0 Å². The van der Waals surface area contributed by atoms with Gasteiger partial charge in [-0.25, -0.2) is 0 Å². The summed E-state index contributed by atoms with van der Waals surface area (Å²) in [6.45, 7) is 1.76. The number of rotatable bonds is 1. The fourth-order valence-corrected chi connectivity index (χ4v) is 2.21. The maximum atomic E-state index is 9.17. The Morgan fingerprint density at radius 3 is 2.67 bits per heavy atom. The maximum Gasteiger partial charge on any atom is 0.0879 e. The fourth-order valence-electron chi connectivity index (χ4n) is 1.01. The summed E-state index contributed by atoms with van der Waals surface area (Å²) in [6.07, 6.45) is 1.73. The van der Waals surface area contributed by atoms with E-state index in [-0.39, 0.29) is 11.0 Å². The molecule has 3 heteroatoms. The van der Waals surface area contributed by atoms with Crippen molar-refractivity contribution < 1.29 is 5.11 Å². The van der Waals surface area contributed by atoms with Crippen LogP contribution in [0.2, 0.25) is 0 Å². The summed E-state index contributed by atoms with van der Waals surface area (Å²) in [5, 5.41) is 9.17. The third-order valence-corrected chi connectivity index (χ3v) is 3.37. The Labute approximate surface area is 59.8 Å². The van der Waals surface area contributed by atoms with Crippen molar-refractivity contribution in [3.63, 3.8) is 0 Å². The first kappa shape index (κ1) is 7.38. The molecule has 0 aromatic heterocycles. The van der Waals surface area contributed by atoms with Gasteiger partial charge in [-0.15, -0.1) is 11.8 Å². The minimum Gasteiger partial charge on any atom is -0.391 e. The van der Waals surface area contributed by atoms with Crippen LogP contribution >= 0.6 is 11.8 Å². The summed E-state index contributed by atoms with van der Waals surface area (Å²) >= 11 is 1.68. The highest BCUT2D eigenvalue weighted by molar-refractivity contribution is 8.00. The molecule has 0 bridgehead atoms. The van der Waals surface area contributed by atoms with Crippen LogP contribution in [0.15, 0.2) is 0 Å². The SMILES string of the molecule is CC(O)C1(N)CCCS1. The highest BCUT2D eigenvalue weighted by atomic mass is 32.2. The van der Waals surface area contributed by atoms with E-state index in [1.807, 2.05) is 0 Å². The van der Waals surface area contributed by atoms with Crippen molar-refractivity contribution in [1.29, 1.82) is 0 Å². The van der Waals surface area contributed by atoms with Crippen molar-refractivity contribution in [1.82, 2.24) is 0 Å². The molecule has 1 saturated heterocycles. The molecule has 1 heterocycles. The quantitative estimate of drug-likeness (QED) is 0.569. The third kappa shape index (κ3) is 1.39. The Bertz CT molecular complexity index is 99.2. The van der Waals surface area contributed by atoms with Gasteiger partial charge in [-0.2, -0.15) is 0 Å². The predicted molar refractivity (Wildman–Crippen MR) is 40.3 cm³/mol. The number of nitrogens with two attached hydrogens (primary N) is 1. The Balaban J connectivity index is 2.51. The maximum absolute atomic E-state index is 9.17. The van der Waals surface area contributed by atoms with Gasteiger partial charge in [0.15, 0.2) is 0 Å². The number of thioether (sulfide) groups is 1. The van der Waals surface area contributed by atoms with Gasteiger partial charge in [0, 0.05) is 0 Å². The van der Waals surface area contributed by atoms with E-state index in [0.29, 0.717) is 0 Å². The van der Waals surface area contributed by atoms with Crippen LogP contribution in [0.3, 0.4) is 0 Å². The molecule has 1 aliphatic rings. The molecule has 2 atom stereocenters. The molecule has 0 aromatic rings. The Kier molecular flexibility index (Phi) is 2.03. The van der Waals surface area contributed by atoms with Gasteiger partial charge in [-0.05, 0) is 25.5 Å². The number of hydrogen-bond acceptors (Lipinski definition) is 3. The highest BCUT2D eigenvalue weighted by Gasteiger charge is 2.34. The normalized spacial score (nSPS) is 39.0. The molecule has 0 aromatic carbocycles. The molecular formula is C6H13NOS. The Morgan fingerprint density at radius 2 is 2.44 bits per heavy atom. The molecule has 0 spiro atoms. The molecule has 1 fully saturated rings. The van der Waals surface area contributed by atoms with E-state index < -0.39 is 0 Å². The first-order valence-electron chi connectivity index (χ1n) is 3.26. The first-order chi connectivity index (χ1) is 4.15. The third-order valence-electron chi connectivity index (χ3n) is 1.79. The molecule has 3 N–H and O–H groups in total. The molecule has 1 rings (SSSR count). The summed E-state index contributed by atoms with van der Waals surface area (Å²) in [7, 11) is 0. The van der Waals surface area contributed by atoms with Crippen molar-refractivity contribution in [2.75, 3.05) is 5.75 Å². The van der Waals surface area contributed by atoms with E-state index in [9.17, 15) is 0 Å². The Hall–Kier alpha value is 0.270. The lowest BCUT2D eigenvalue weighted by atomic mass is 10.1. The summed E-state index contributed by atoms with van der Waals surface area (Å²) in [5.74, 6) is 1.10. The van der Waals surface area contributed by atoms with Gasteiger partial charge in [-0.1, -0.05) is 0 Å². The van der Waals surface area contributed by atoms with Crippen LogP contribution in [0, 0.1) is 0 Å². The molecule has 2 nitrogen and oxygen atoms in total. The van der Waals surface area contributed by atoms with E-state index >= 15 is 0 Å². The van der Waals surface area contributed by atoms with E-state index in [1.165, 1.54) is 0 Å². The average molecular weight is 147 g/mol. The minimum atomic E-state index is -0.370. The lowest BCUT2D eigenvalue weighted by Crippen LogP contribution is -2.43. The monoisotopic (exact) mass is 147 g/mol. The van der Waals surface area contributed by atoms with Crippen molar-refractivity contribution in [2.45, 2.75) is 30.7 Å². The van der Waals surface area contributed by atoms with Crippen LogP contribution in [0.5, 0.6) is 0 Å².